The van der Waals surface area contributed by atoms with E-state index in [4.69, 9.17) is 5.73 Å². The highest BCUT2D eigenvalue weighted by Gasteiger charge is 2.19. The number of benzene rings is 1. The molecule has 0 aliphatic heterocycles. The van der Waals surface area contributed by atoms with Crippen molar-refractivity contribution in [1.82, 2.24) is 14.8 Å². The number of para-hydroxylation sites is 1. The Bertz CT molecular complexity index is 463. The number of hydrogen-bond acceptors (Lipinski definition) is 3. The fourth-order valence-electron chi connectivity index (χ4n) is 1.77. The Morgan fingerprint density at radius 2 is 2.00 bits per heavy atom. The molecule has 0 radical (unpaired) electrons. The van der Waals surface area contributed by atoms with Gasteiger partial charge in [0, 0.05) is 5.69 Å². The summed E-state index contributed by atoms with van der Waals surface area (Å²) < 4.78 is 1.96. The van der Waals surface area contributed by atoms with Crippen LogP contribution in [0.25, 0.3) is 5.69 Å². The second-order valence-electron chi connectivity index (χ2n) is 4.31. The maximum Gasteiger partial charge on any atom is 0.154 e. The molecule has 4 nitrogen and oxygen atoms in total. The van der Waals surface area contributed by atoms with Crippen molar-refractivity contribution in [2.45, 2.75) is 26.3 Å². The zero-order chi connectivity index (χ0) is 12.3. The van der Waals surface area contributed by atoms with E-state index < -0.39 is 0 Å². The van der Waals surface area contributed by atoms with E-state index in [-0.39, 0.29) is 6.04 Å². The molecule has 1 aromatic heterocycles. The van der Waals surface area contributed by atoms with Gasteiger partial charge in [-0.2, -0.15) is 0 Å². The predicted octanol–water partition coefficient (Wildman–Crippen LogP) is 2.31. The van der Waals surface area contributed by atoms with Gasteiger partial charge in [-0.05, 0) is 18.1 Å². The van der Waals surface area contributed by atoms with Crippen molar-refractivity contribution >= 4 is 0 Å². The van der Waals surface area contributed by atoms with Crippen LogP contribution in [0.2, 0.25) is 0 Å². The topological polar surface area (TPSA) is 56.7 Å². The van der Waals surface area contributed by atoms with Gasteiger partial charge in [-0.3, -0.25) is 4.57 Å². The average Bonchev–Trinajstić information content (AvgIpc) is 2.87. The summed E-state index contributed by atoms with van der Waals surface area (Å²) in [5.74, 6) is 1.22. The first kappa shape index (κ1) is 11.8. The fraction of sp³-hybridized carbons (Fsp3) is 0.385. The first-order chi connectivity index (χ1) is 8.24. The first-order valence-electron chi connectivity index (χ1n) is 5.95. The third-order valence-corrected chi connectivity index (χ3v) is 3.16. The minimum atomic E-state index is -0.0808. The van der Waals surface area contributed by atoms with Crippen molar-refractivity contribution in [2.75, 3.05) is 0 Å². The zero-order valence-electron chi connectivity index (χ0n) is 10.2. The number of nitrogens with zero attached hydrogens (tertiary/aromatic N) is 3. The Labute approximate surface area is 101 Å². The van der Waals surface area contributed by atoms with Gasteiger partial charge < -0.3 is 5.73 Å². The van der Waals surface area contributed by atoms with Gasteiger partial charge in [0.25, 0.3) is 0 Å². The van der Waals surface area contributed by atoms with E-state index in [1.54, 1.807) is 6.33 Å². The van der Waals surface area contributed by atoms with Crippen molar-refractivity contribution in [1.29, 1.82) is 0 Å². The molecule has 1 heterocycles. The highest BCUT2D eigenvalue weighted by molar-refractivity contribution is 5.32. The maximum atomic E-state index is 6.21. The molecule has 2 rings (SSSR count). The minimum Gasteiger partial charge on any atom is -0.321 e. The lowest BCUT2D eigenvalue weighted by molar-refractivity contribution is 0.434. The van der Waals surface area contributed by atoms with Crippen LogP contribution in [0.5, 0.6) is 0 Å². The summed E-state index contributed by atoms with van der Waals surface area (Å²) in [6, 6.07) is 9.94. The van der Waals surface area contributed by atoms with Crippen molar-refractivity contribution in [2.24, 2.45) is 11.7 Å². The molecular formula is C13H18N4. The molecule has 2 N–H and O–H groups in total. The van der Waals surface area contributed by atoms with Crippen molar-refractivity contribution in [3.05, 3.63) is 42.5 Å². The van der Waals surface area contributed by atoms with Crippen LogP contribution in [0.15, 0.2) is 36.7 Å². The molecule has 0 saturated heterocycles. The number of aromatic nitrogens is 3. The summed E-state index contributed by atoms with van der Waals surface area (Å²) in [7, 11) is 0. The smallest absolute Gasteiger partial charge is 0.154 e. The molecule has 0 saturated carbocycles. The molecule has 90 valence electrons. The van der Waals surface area contributed by atoms with Gasteiger partial charge in [0.2, 0.25) is 0 Å². The van der Waals surface area contributed by atoms with E-state index in [1.165, 1.54) is 0 Å². The summed E-state index contributed by atoms with van der Waals surface area (Å²) in [5, 5.41) is 8.12. The first-order valence-corrected chi connectivity index (χ1v) is 5.95. The summed E-state index contributed by atoms with van der Waals surface area (Å²) in [6.45, 7) is 4.27. The van der Waals surface area contributed by atoms with Gasteiger partial charge in [-0.15, -0.1) is 10.2 Å². The van der Waals surface area contributed by atoms with Gasteiger partial charge in [0.15, 0.2) is 5.82 Å². The van der Waals surface area contributed by atoms with E-state index in [9.17, 15) is 0 Å². The number of nitrogens with two attached hydrogens (primary N) is 1. The Morgan fingerprint density at radius 3 is 2.65 bits per heavy atom. The second kappa shape index (κ2) is 5.10. The van der Waals surface area contributed by atoms with Gasteiger partial charge in [-0.25, -0.2) is 0 Å². The lowest BCUT2D eigenvalue weighted by atomic mass is 9.99. The van der Waals surface area contributed by atoms with Crippen LogP contribution >= 0.6 is 0 Å². The average molecular weight is 230 g/mol. The molecule has 0 bridgehead atoms. The number of rotatable bonds is 4. The molecule has 17 heavy (non-hydrogen) atoms. The largest absolute Gasteiger partial charge is 0.321 e. The van der Waals surface area contributed by atoms with Crippen LogP contribution < -0.4 is 5.73 Å². The van der Waals surface area contributed by atoms with Crippen molar-refractivity contribution < 1.29 is 0 Å². The number of hydrogen-bond donors (Lipinski definition) is 1. The van der Waals surface area contributed by atoms with Crippen molar-refractivity contribution in [3.63, 3.8) is 0 Å². The molecule has 2 atom stereocenters. The molecule has 0 fully saturated rings. The summed E-state index contributed by atoms with van der Waals surface area (Å²) >= 11 is 0. The van der Waals surface area contributed by atoms with Crippen LogP contribution in [0.4, 0.5) is 0 Å². The minimum absolute atomic E-state index is 0.0808. The second-order valence-corrected chi connectivity index (χ2v) is 4.31. The van der Waals surface area contributed by atoms with E-state index in [2.05, 4.69) is 24.0 Å². The van der Waals surface area contributed by atoms with Gasteiger partial charge in [0.1, 0.15) is 6.33 Å². The van der Waals surface area contributed by atoms with Gasteiger partial charge in [-0.1, -0.05) is 38.5 Å². The maximum absolute atomic E-state index is 6.21. The van der Waals surface area contributed by atoms with Gasteiger partial charge in [0.05, 0.1) is 6.04 Å². The Hall–Kier alpha value is -1.68. The Kier molecular flexibility index (Phi) is 3.54. The molecule has 2 aromatic rings. The summed E-state index contributed by atoms with van der Waals surface area (Å²) in [4.78, 5) is 0. The predicted molar refractivity (Wildman–Crippen MR) is 67.7 cm³/mol. The fourth-order valence-corrected chi connectivity index (χ4v) is 1.77. The van der Waals surface area contributed by atoms with Crippen LogP contribution in [0.3, 0.4) is 0 Å². The molecular weight excluding hydrogens is 212 g/mol. The third kappa shape index (κ3) is 2.36. The quantitative estimate of drug-likeness (QED) is 0.876. The van der Waals surface area contributed by atoms with E-state index >= 15 is 0 Å². The molecule has 1 aromatic carbocycles. The van der Waals surface area contributed by atoms with Crippen LogP contribution in [0, 0.1) is 5.92 Å². The van der Waals surface area contributed by atoms with Crippen LogP contribution in [0.1, 0.15) is 32.1 Å². The van der Waals surface area contributed by atoms with Gasteiger partial charge >= 0.3 is 0 Å². The Balaban J connectivity index is 2.35. The molecule has 0 aliphatic carbocycles. The highest BCUT2D eigenvalue weighted by atomic mass is 15.3. The molecule has 0 amide bonds. The third-order valence-electron chi connectivity index (χ3n) is 3.16. The SMILES string of the molecule is CC[C@H](C)[C@H](N)c1nncn1-c1ccccc1. The lowest BCUT2D eigenvalue weighted by Crippen LogP contribution is -2.22. The van der Waals surface area contributed by atoms with E-state index in [0.29, 0.717) is 5.92 Å². The van der Waals surface area contributed by atoms with Crippen LogP contribution in [-0.2, 0) is 0 Å². The van der Waals surface area contributed by atoms with Crippen LogP contribution in [-0.4, -0.2) is 14.8 Å². The standard InChI is InChI=1S/C13H18N4/c1-3-10(2)12(14)13-16-15-9-17(13)11-7-5-4-6-8-11/h4-10,12H,3,14H2,1-2H3/t10-,12-/m0/s1. The molecule has 0 unspecified atom stereocenters. The monoisotopic (exact) mass is 230 g/mol. The molecule has 0 spiro atoms. The van der Waals surface area contributed by atoms with Crippen molar-refractivity contribution in [3.8, 4) is 5.69 Å². The highest BCUT2D eigenvalue weighted by Crippen LogP contribution is 2.22. The normalized spacial score (nSPS) is 14.5. The molecule has 4 heteroatoms. The summed E-state index contributed by atoms with van der Waals surface area (Å²) in [5.41, 5.74) is 7.26. The summed E-state index contributed by atoms with van der Waals surface area (Å²) in [6.07, 6.45) is 2.75. The molecule has 0 aliphatic rings. The Morgan fingerprint density at radius 1 is 1.29 bits per heavy atom. The zero-order valence-corrected chi connectivity index (χ0v) is 10.2. The van der Waals surface area contributed by atoms with E-state index in [0.717, 1.165) is 17.9 Å². The lowest BCUT2D eigenvalue weighted by Gasteiger charge is -2.18. The van der Waals surface area contributed by atoms with E-state index in [1.807, 2.05) is 34.9 Å².